The molecule has 0 aromatic heterocycles. The number of hydrogen-bond acceptors (Lipinski definition) is 3. The third-order valence-electron chi connectivity index (χ3n) is 3.96. The van der Waals surface area contributed by atoms with Gasteiger partial charge in [0.2, 0.25) is 0 Å². The van der Waals surface area contributed by atoms with Crippen LogP contribution in [-0.2, 0) is 4.79 Å². The molecule has 5 heteroatoms. The van der Waals surface area contributed by atoms with Gasteiger partial charge in [-0.1, -0.05) is 18.9 Å². The van der Waals surface area contributed by atoms with Crippen molar-refractivity contribution in [2.24, 2.45) is 5.92 Å². The summed E-state index contributed by atoms with van der Waals surface area (Å²) in [6.45, 7) is 5.44. The third-order valence-corrected chi connectivity index (χ3v) is 3.96. The van der Waals surface area contributed by atoms with Crippen molar-refractivity contribution >= 4 is 5.91 Å². The molecule has 1 fully saturated rings. The van der Waals surface area contributed by atoms with E-state index < -0.39 is 0 Å². The fraction of sp³-hybridized carbons (Fsp3) is 0.526. The molecular formula is C19H25FN2O2. The van der Waals surface area contributed by atoms with Crippen molar-refractivity contribution in [1.29, 1.82) is 0 Å². The van der Waals surface area contributed by atoms with Crippen LogP contribution in [0.15, 0.2) is 24.3 Å². The van der Waals surface area contributed by atoms with Gasteiger partial charge < -0.3 is 10.1 Å². The largest absolute Gasteiger partial charge is 0.484 e. The van der Waals surface area contributed by atoms with Gasteiger partial charge in [0.1, 0.15) is 11.6 Å². The van der Waals surface area contributed by atoms with Gasteiger partial charge in [-0.05, 0) is 37.4 Å². The number of likely N-dealkylation sites (tertiary alicyclic amines) is 1. The Morgan fingerprint density at radius 1 is 1.46 bits per heavy atom. The molecule has 1 aromatic rings. The molecule has 130 valence electrons. The number of rotatable bonds is 6. The Kier molecular flexibility index (Phi) is 7.57. The maximum atomic E-state index is 13.0. The molecule has 1 heterocycles. The van der Waals surface area contributed by atoms with Crippen LogP contribution in [0.5, 0.6) is 5.75 Å². The fourth-order valence-corrected chi connectivity index (χ4v) is 2.77. The minimum Gasteiger partial charge on any atom is -0.484 e. The van der Waals surface area contributed by atoms with Crippen LogP contribution in [0, 0.1) is 23.6 Å². The number of nitrogens with zero attached hydrogens (tertiary/aromatic N) is 1. The van der Waals surface area contributed by atoms with E-state index >= 15 is 0 Å². The lowest BCUT2D eigenvalue weighted by Crippen LogP contribution is -2.42. The number of piperidine rings is 1. The summed E-state index contributed by atoms with van der Waals surface area (Å²) in [6.07, 6.45) is 3.13. The first kappa shape index (κ1) is 18.3. The highest BCUT2D eigenvalue weighted by atomic mass is 19.1. The van der Waals surface area contributed by atoms with Gasteiger partial charge in [0.15, 0.2) is 6.61 Å². The average Bonchev–Trinajstić information content (AvgIpc) is 2.59. The number of hydrogen-bond donors (Lipinski definition) is 1. The predicted molar refractivity (Wildman–Crippen MR) is 92.1 cm³/mol. The van der Waals surface area contributed by atoms with Gasteiger partial charge in [0.25, 0.3) is 5.91 Å². The van der Waals surface area contributed by atoms with Crippen molar-refractivity contribution in [3.63, 3.8) is 0 Å². The molecule has 0 aliphatic carbocycles. The Labute approximate surface area is 143 Å². The highest BCUT2D eigenvalue weighted by Gasteiger charge is 2.19. The summed E-state index contributed by atoms with van der Waals surface area (Å²) in [4.78, 5) is 14.2. The number of amides is 1. The molecule has 4 nitrogen and oxygen atoms in total. The molecule has 1 saturated heterocycles. The van der Waals surface area contributed by atoms with Crippen LogP contribution in [0.25, 0.3) is 0 Å². The molecule has 1 aliphatic rings. The van der Waals surface area contributed by atoms with Crippen molar-refractivity contribution < 1.29 is 13.9 Å². The van der Waals surface area contributed by atoms with Crippen LogP contribution in [0.3, 0.4) is 0 Å². The maximum Gasteiger partial charge on any atom is 0.257 e. The van der Waals surface area contributed by atoms with E-state index in [1.807, 2.05) is 6.92 Å². The molecular weight excluding hydrogens is 307 g/mol. The van der Waals surface area contributed by atoms with Gasteiger partial charge in [-0.3, -0.25) is 9.69 Å². The number of halogens is 1. The molecule has 1 amide bonds. The Morgan fingerprint density at radius 3 is 3.12 bits per heavy atom. The molecule has 0 saturated carbocycles. The summed E-state index contributed by atoms with van der Waals surface area (Å²) in [5.41, 5.74) is 0. The van der Waals surface area contributed by atoms with Gasteiger partial charge in [-0.25, -0.2) is 4.39 Å². The van der Waals surface area contributed by atoms with Gasteiger partial charge in [-0.2, -0.15) is 0 Å². The second-order valence-electron chi connectivity index (χ2n) is 6.00. The Morgan fingerprint density at radius 2 is 2.33 bits per heavy atom. The van der Waals surface area contributed by atoms with Gasteiger partial charge in [-0.15, -0.1) is 5.92 Å². The number of carbonyl (C=O) groups is 1. The van der Waals surface area contributed by atoms with Gasteiger partial charge >= 0.3 is 0 Å². The minimum atomic E-state index is -0.374. The lowest BCUT2D eigenvalue weighted by atomic mass is 9.98. The number of carbonyl (C=O) groups excluding carboxylic acids is 1. The predicted octanol–water partition coefficient (Wildman–Crippen LogP) is 2.45. The van der Waals surface area contributed by atoms with E-state index in [2.05, 4.69) is 22.1 Å². The van der Waals surface area contributed by atoms with Crippen LogP contribution < -0.4 is 10.1 Å². The van der Waals surface area contributed by atoms with Gasteiger partial charge in [0.05, 0.1) is 6.54 Å². The van der Waals surface area contributed by atoms with Crippen LogP contribution in [0.4, 0.5) is 4.39 Å². The smallest absolute Gasteiger partial charge is 0.257 e. The number of ether oxygens (including phenoxy) is 1. The van der Waals surface area contributed by atoms with E-state index in [0.717, 1.165) is 38.9 Å². The summed E-state index contributed by atoms with van der Waals surface area (Å²) in [5.74, 6) is 6.52. The monoisotopic (exact) mass is 332 g/mol. The van der Waals surface area contributed by atoms with Crippen molar-refractivity contribution in [3.8, 4) is 17.6 Å². The summed E-state index contributed by atoms with van der Waals surface area (Å²) in [6, 6.07) is 5.80. The van der Waals surface area contributed by atoms with Crippen LogP contribution in [0.1, 0.15) is 26.2 Å². The van der Waals surface area contributed by atoms with E-state index in [0.29, 0.717) is 18.2 Å². The van der Waals surface area contributed by atoms with E-state index in [-0.39, 0.29) is 18.3 Å². The van der Waals surface area contributed by atoms with Crippen LogP contribution in [-0.4, -0.2) is 43.6 Å². The fourth-order valence-electron chi connectivity index (χ4n) is 2.77. The molecule has 1 N–H and O–H groups in total. The third kappa shape index (κ3) is 6.59. The zero-order valence-electron chi connectivity index (χ0n) is 14.2. The van der Waals surface area contributed by atoms with Crippen molar-refractivity contribution in [1.82, 2.24) is 10.2 Å². The van der Waals surface area contributed by atoms with Crippen LogP contribution in [0.2, 0.25) is 0 Å². The summed E-state index contributed by atoms with van der Waals surface area (Å²) in [7, 11) is 0. The number of benzene rings is 1. The molecule has 1 atom stereocenters. The van der Waals surface area contributed by atoms with Crippen molar-refractivity contribution in [3.05, 3.63) is 30.1 Å². The molecule has 1 aliphatic heterocycles. The maximum absolute atomic E-state index is 13.0. The number of nitrogens with one attached hydrogen (secondary N) is 1. The van der Waals surface area contributed by atoms with E-state index in [4.69, 9.17) is 4.74 Å². The van der Waals surface area contributed by atoms with E-state index in [1.54, 1.807) is 12.1 Å². The zero-order valence-corrected chi connectivity index (χ0v) is 14.2. The topological polar surface area (TPSA) is 41.6 Å². The zero-order chi connectivity index (χ0) is 17.2. The normalized spacial score (nSPS) is 17.7. The van der Waals surface area contributed by atoms with Crippen LogP contribution >= 0.6 is 0 Å². The van der Waals surface area contributed by atoms with Crippen molar-refractivity contribution in [2.75, 3.05) is 32.8 Å². The van der Waals surface area contributed by atoms with E-state index in [9.17, 15) is 9.18 Å². The first-order valence-electron chi connectivity index (χ1n) is 8.50. The first-order valence-corrected chi connectivity index (χ1v) is 8.50. The standard InChI is InChI=1S/C19H25FN2O2/c1-2-3-4-10-22-11-6-7-16(14-22)13-21-19(23)15-24-18-9-5-8-17(20)12-18/h5,8-9,12,16H,2,6-7,10-11,13-15H2,1H3,(H,21,23). The molecule has 0 spiro atoms. The lowest BCUT2D eigenvalue weighted by molar-refractivity contribution is -0.123. The Bertz CT molecular complexity index is 595. The molecule has 0 radical (unpaired) electrons. The average molecular weight is 332 g/mol. The lowest BCUT2D eigenvalue weighted by Gasteiger charge is -2.31. The minimum absolute atomic E-state index is 0.0954. The molecule has 24 heavy (non-hydrogen) atoms. The summed E-state index contributed by atoms with van der Waals surface area (Å²) >= 11 is 0. The Hall–Kier alpha value is -2.06. The molecule has 1 unspecified atom stereocenters. The molecule has 1 aromatic carbocycles. The highest BCUT2D eigenvalue weighted by Crippen LogP contribution is 2.15. The molecule has 2 rings (SSSR count). The first-order chi connectivity index (χ1) is 11.7. The van der Waals surface area contributed by atoms with Crippen molar-refractivity contribution in [2.45, 2.75) is 26.2 Å². The quantitative estimate of drug-likeness (QED) is 0.814. The summed E-state index contributed by atoms with van der Waals surface area (Å²) in [5, 5.41) is 2.90. The van der Waals surface area contributed by atoms with E-state index in [1.165, 1.54) is 12.1 Å². The molecule has 0 bridgehead atoms. The highest BCUT2D eigenvalue weighted by molar-refractivity contribution is 5.77. The van der Waals surface area contributed by atoms with Gasteiger partial charge in [0, 0.05) is 25.6 Å². The second-order valence-corrected chi connectivity index (χ2v) is 6.00. The SMILES string of the molecule is CCC#CCN1CCCC(CNC(=O)COc2cccc(F)c2)C1. The Balaban J connectivity index is 1.67. The summed E-state index contributed by atoms with van der Waals surface area (Å²) < 4.78 is 18.3. The second kappa shape index (κ2) is 9.94.